The van der Waals surface area contributed by atoms with Crippen LogP contribution < -0.4 is 4.90 Å². The molecule has 3 aromatic carbocycles. The Morgan fingerprint density at radius 2 is 1.22 bits per heavy atom. The summed E-state index contributed by atoms with van der Waals surface area (Å²) >= 11 is 7.19. The summed E-state index contributed by atoms with van der Waals surface area (Å²) in [5.41, 5.74) is 18.4. The quantitative estimate of drug-likeness (QED) is 0.107. The molecular weight excluding hydrogens is 706 g/mol. The van der Waals surface area contributed by atoms with Gasteiger partial charge >= 0.3 is 0 Å². The number of halogens is 2. The van der Waals surface area contributed by atoms with Crippen molar-refractivity contribution in [3.05, 3.63) is 110 Å². The van der Waals surface area contributed by atoms with Crippen LogP contribution in [0.15, 0.2) is 105 Å². The van der Waals surface area contributed by atoms with Crippen LogP contribution in [-0.2, 0) is 0 Å². The SMILES string of the molecule is CCCCC(=C=CC1=C(C#C[Si](C(C)C)(C(C)C)C(C)C)CCCC1)c1ccc(N(c2ccc(Br)cc2)c2ccc(Br)cc2)cc1. The molecule has 0 atom stereocenters. The molecule has 0 heterocycles. The maximum absolute atomic E-state index is 4.00. The Balaban J connectivity index is 1.74. The van der Waals surface area contributed by atoms with E-state index in [4.69, 9.17) is 0 Å². The predicted molar refractivity (Wildman–Crippen MR) is 212 cm³/mol. The minimum Gasteiger partial charge on any atom is -0.311 e. The van der Waals surface area contributed by atoms with Crippen molar-refractivity contribution in [1.29, 1.82) is 0 Å². The molecule has 0 radical (unpaired) electrons. The van der Waals surface area contributed by atoms with Gasteiger partial charge in [-0.15, -0.1) is 11.3 Å². The molecule has 0 N–H and O–H groups in total. The number of unbranched alkanes of at least 4 members (excludes halogenated alkanes) is 1. The second-order valence-electron chi connectivity index (χ2n) is 13.6. The summed E-state index contributed by atoms with van der Waals surface area (Å²) in [6, 6.07) is 26.1. The van der Waals surface area contributed by atoms with E-state index in [2.05, 4.69) is 181 Å². The molecule has 242 valence electrons. The van der Waals surface area contributed by atoms with E-state index in [0.29, 0.717) is 16.6 Å². The standard InChI is InChI=1S/C42H51Br2NSi/c1-8-9-12-34(15-16-35-13-10-11-14-36(35)29-30-46(31(2)3,32(4)5)33(6)7)37-17-23-40(24-18-37)45(41-25-19-38(43)20-26-41)42-27-21-39(44)22-28-42/h16-28,31-33H,8-14H2,1-7H3. The van der Waals surface area contributed by atoms with Gasteiger partial charge in [-0.1, -0.05) is 105 Å². The fourth-order valence-electron chi connectivity index (χ4n) is 7.11. The van der Waals surface area contributed by atoms with Crippen molar-refractivity contribution in [1.82, 2.24) is 0 Å². The molecule has 4 heteroatoms. The summed E-state index contributed by atoms with van der Waals surface area (Å²) in [5, 5.41) is 0. The van der Waals surface area contributed by atoms with Crippen LogP contribution in [0.3, 0.4) is 0 Å². The van der Waals surface area contributed by atoms with E-state index < -0.39 is 8.07 Å². The van der Waals surface area contributed by atoms with E-state index in [1.807, 2.05) is 0 Å². The zero-order valence-corrected chi connectivity index (χ0v) is 33.1. The fraction of sp³-hybridized carbons (Fsp3) is 0.405. The molecule has 1 nitrogen and oxygen atoms in total. The van der Waals surface area contributed by atoms with E-state index in [9.17, 15) is 0 Å². The minimum atomic E-state index is -1.77. The molecule has 46 heavy (non-hydrogen) atoms. The van der Waals surface area contributed by atoms with Crippen LogP contribution in [-0.4, -0.2) is 8.07 Å². The predicted octanol–water partition coefficient (Wildman–Crippen LogP) is 14.5. The average molecular weight is 758 g/mol. The van der Waals surface area contributed by atoms with Gasteiger partial charge in [-0.3, -0.25) is 0 Å². The molecule has 0 bridgehead atoms. The Morgan fingerprint density at radius 3 is 1.70 bits per heavy atom. The van der Waals surface area contributed by atoms with Gasteiger partial charge in [0.1, 0.15) is 8.07 Å². The van der Waals surface area contributed by atoms with Crippen LogP contribution in [0.2, 0.25) is 16.6 Å². The highest BCUT2D eigenvalue weighted by atomic mass is 79.9. The van der Waals surface area contributed by atoms with Crippen LogP contribution in [0.5, 0.6) is 0 Å². The van der Waals surface area contributed by atoms with Crippen LogP contribution >= 0.6 is 31.9 Å². The van der Waals surface area contributed by atoms with Crippen molar-refractivity contribution in [2.75, 3.05) is 4.90 Å². The molecule has 0 amide bonds. The third-order valence-electron chi connectivity index (χ3n) is 9.65. The molecule has 0 aromatic heterocycles. The maximum Gasteiger partial charge on any atom is 0.146 e. The number of anilines is 3. The summed E-state index contributed by atoms with van der Waals surface area (Å²) in [4.78, 5) is 2.31. The van der Waals surface area contributed by atoms with E-state index in [-0.39, 0.29) is 0 Å². The highest BCUT2D eigenvalue weighted by molar-refractivity contribution is 9.10. The van der Waals surface area contributed by atoms with Crippen molar-refractivity contribution in [3.63, 3.8) is 0 Å². The van der Waals surface area contributed by atoms with E-state index >= 15 is 0 Å². The average Bonchev–Trinajstić information content (AvgIpc) is 3.04. The first-order chi connectivity index (χ1) is 22.1. The lowest BCUT2D eigenvalue weighted by Crippen LogP contribution is -2.43. The van der Waals surface area contributed by atoms with E-state index in [1.165, 1.54) is 35.1 Å². The number of rotatable bonds is 11. The van der Waals surface area contributed by atoms with Gasteiger partial charge in [0, 0.05) is 37.2 Å². The lowest BCUT2D eigenvalue weighted by molar-refractivity contribution is 0.696. The summed E-state index contributed by atoms with van der Waals surface area (Å²) < 4.78 is 2.14. The van der Waals surface area contributed by atoms with Crippen molar-refractivity contribution < 1.29 is 0 Å². The van der Waals surface area contributed by atoms with Gasteiger partial charge in [-0.05, 0) is 133 Å². The smallest absolute Gasteiger partial charge is 0.146 e. The molecule has 0 unspecified atom stereocenters. The number of nitrogens with zero attached hydrogens (tertiary/aromatic N) is 1. The first kappa shape index (κ1) is 36.3. The van der Waals surface area contributed by atoms with Crippen molar-refractivity contribution in [2.24, 2.45) is 0 Å². The van der Waals surface area contributed by atoms with Gasteiger partial charge in [-0.25, -0.2) is 0 Å². The first-order valence-electron chi connectivity index (χ1n) is 17.2. The highest BCUT2D eigenvalue weighted by Crippen LogP contribution is 2.41. The number of hydrogen-bond acceptors (Lipinski definition) is 1. The van der Waals surface area contributed by atoms with E-state index in [0.717, 1.165) is 58.1 Å². The molecule has 1 aliphatic rings. The topological polar surface area (TPSA) is 3.24 Å². The molecule has 1 aliphatic carbocycles. The monoisotopic (exact) mass is 755 g/mol. The van der Waals surface area contributed by atoms with Gasteiger partial charge in [0.2, 0.25) is 0 Å². The lowest BCUT2D eigenvalue weighted by atomic mass is 9.91. The Morgan fingerprint density at radius 1 is 0.739 bits per heavy atom. The van der Waals surface area contributed by atoms with Crippen molar-refractivity contribution in [2.45, 2.75) is 110 Å². The Labute approximate surface area is 297 Å². The van der Waals surface area contributed by atoms with Crippen molar-refractivity contribution in [3.8, 4) is 11.5 Å². The largest absolute Gasteiger partial charge is 0.311 e. The lowest BCUT2D eigenvalue weighted by Gasteiger charge is -2.38. The minimum absolute atomic E-state index is 0.648. The second-order valence-corrected chi connectivity index (χ2v) is 21.0. The Bertz CT molecular complexity index is 1530. The van der Waals surface area contributed by atoms with Crippen LogP contribution in [0.4, 0.5) is 17.1 Å². The van der Waals surface area contributed by atoms with Gasteiger partial charge < -0.3 is 4.90 Å². The first-order valence-corrected chi connectivity index (χ1v) is 21.0. The van der Waals surface area contributed by atoms with Crippen LogP contribution in [0.25, 0.3) is 5.57 Å². The summed E-state index contributed by atoms with van der Waals surface area (Å²) in [6.07, 6.45) is 10.3. The Hall–Kier alpha value is -2.54. The van der Waals surface area contributed by atoms with Gasteiger partial charge in [-0.2, -0.15) is 0 Å². The van der Waals surface area contributed by atoms with Crippen molar-refractivity contribution >= 4 is 62.6 Å². The number of allylic oxidation sites excluding steroid dienone is 3. The van der Waals surface area contributed by atoms with Crippen LogP contribution in [0, 0.1) is 11.5 Å². The van der Waals surface area contributed by atoms with Gasteiger partial charge in [0.25, 0.3) is 0 Å². The highest BCUT2D eigenvalue weighted by Gasteiger charge is 2.41. The third kappa shape index (κ3) is 8.87. The van der Waals surface area contributed by atoms with Crippen LogP contribution in [0.1, 0.15) is 99.0 Å². The molecule has 0 saturated heterocycles. The molecule has 4 rings (SSSR count). The second kappa shape index (κ2) is 17.0. The molecular formula is C42H51Br2NSi. The normalized spacial score (nSPS) is 13.5. The van der Waals surface area contributed by atoms with Gasteiger partial charge in [0.15, 0.2) is 0 Å². The fourth-order valence-corrected chi connectivity index (χ4v) is 12.9. The molecule has 0 spiro atoms. The van der Waals surface area contributed by atoms with Gasteiger partial charge in [0.05, 0.1) is 0 Å². The van der Waals surface area contributed by atoms with E-state index in [1.54, 1.807) is 0 Å². The zero-order valence-electron chi connectivity index (χ0n) is 28.9. The Kier molecular flexibility index (Phi) is 13.4. The maximum atomic E-state index is 4.00. The molecule has 0 aliphatic heterocycles. The zero-order chi connectivity index (χ0) is 33.3. The summed E-state index contributed by atoms with van der Waals surface area (Å²) in [7, 11) is -1.77. The number of benzene rings is 3. The summed E-state index contributed by atoms with van der Waals surface area (Å²) in [5.74, 6) is 3.82. The molecule has 0 saturated carbocycles. The summed E-state index contributed by atoms with van der Waals surface area (Å²) in [6.45, 7) is 16.7. The third-order valence-corrected chi connectivity index (χ3v) is 17.0. The molecule has 3 aromatic rings. The molecule has 0 fully saturated rings. The number of hydrogen-bond donors (Lipinski definition) is 0.